The second-order valence-corrected chi connectivity index (χ2v) is 10.2. The van der Waals surface area contributed by atoms with Gasteiger partial charge in [0.2, 0.25) is 0 Å². The van der Waals surface area contributed by atoms with Crippen LogP contribution in [0.4, 0.5) is 11.4 Å². The number of carboxylic acids is 1. The molecule has 7 nitrogen and oxygen atoms in total. The minimum absolute atomic E-state index is 0.0260. The van der Waals surface area contributed by atoms with E-state index < -0.39 is 22.3 Å². The van der Waals surface area contributed by atoms with E-state index in [1.54, 1.807) is 24.3 Å². The molecule has 1 heterocycles. The number of benzene rings is 3. The highest BCUT2D eigenvalue weighted by molar-refractivity contribution is 8.00. The lowest BCUT2D eigenvalue weighted by Crippen LogP contribution is -2.42. The Morgan fingerprint density at radius 3 is 2.56 bits per heavy atom. The van der Waals surface area contributed by atoms with Crippen LogP contribution in [0.5, 0.6) is 11.5 Å². The molecule has 3 aromatic rings. The molecule has 1 fully saturated rings. The van der Waals surface area contributed by atoms with Crippen LogP contribution in [-0.4, -0.2) is 32.7 Å². The van der Waals surface area contributed by atoms with Crippen molar-refractivity contribution < 1.29 is 19.6 Å². The zero-order chi connectivity index (χ0) is 23.8. The summed E-state index contributed by atoms with van der Waals surface area (Å²) in [6.45, 7) is 0. The SMILES string of the molecule is O=C(O)C1Nc2ccc(Oc3ccccc3)cc2C2C(Cl)C(Sc3ccccc3[N+](=O)[O-])CC12. The largest absolute Gasteiger partial charge is 0.480 e. The lowest BCUT2D eigenvalue weighted by Gasteiger charge is -2.36. The van der Waals surface area contributed by atoms with Crippen molar-refractivity contribution in [2.75, 3.05) is 5.32 Å². The third-order valence-electron chi connectivity index (χ3n) is 6.37. The molecule has 0 radical (unpaired) electrons. The molecule has 0 saturated heterocycles. The van der Waals surface area contributed by atoms with Gasteiger partial charge in [-0.25, -0.2) is 4.79 Å². The van der Waals surface area contributed by atoms with Crippen LogP contribution >= 0.6 is 23.4 Å². The summed E-state index contributed by atoms with van der Waals surface area (Å²) in [4.78, 5) is 23.7. The van der Waals surface area contributed by atoms with E-state index in [1.807, 2.05) is 42.5 Å². The first-order chi connectivity index (χ1) is 16.4. The van der Waals surface area contributed by atoms with Gasteiger partial charge >= 0.3 is 5.97 Å². The van der Waals surface area contributed by atoms with Crippen molar-refractivity contribution in [2.45, 2.75) is 33.9 Å². The molecule has 5 unspecified atom stereocenters. The smallest absolute Gasteiger partial charge is 0.326 e. The Bertz CT molecular complexity index is 1240. The Kier molecular flexibility index (Phi) is 6.10. The fourth-order valence-corrected chi connectivity index (χ4v) is 6.84. The maximum atomic E-state index is 12.1. The zero-order valence-corrected chi connectivity index (χ0v) is 19.4. The number of aliphatic carboxylic acids is 1. The number of hydrogen-bond donors (Lipinski definition) is 2. The molecule has 5 atom stereocenters. The van der Waals surface area contributed by atoms with Crippen LogP contribution < -0.4 is 10.1 Å². The summed E-state index contributed by atoms with van der Waals surface area (Å²) in [5, 5.41) is 24.0. The zero-order valence-electron chi connectivity index (χ0n) is 17.8. The molecule has 2 aliphatic rings. The number of fused-ring (bicyclic) bond motifs is 3. The third kappa shape index (κ3) is 4.19. The number of nitrogens with zero attached hydrogens (tertiary/aromatic N) is 1. The van der Waals surface area contributed by atoms with Crippen molar-refractivity contribution in [2.24, 2.45) is 5.92 Å². The van der Waals surface area contributed by atoms with Crippen molar-refractivity contribution in [3.8, 4) is 11.5 Å². The van der Waals surface area contributed by atoms with Crippen molar-refractivity contribution in [3.05, 3.63) is 88.5 Å². The van der Waals surface area contributed by atoms with E-state index in [2.05, 4.69) is 5.32 Å². The number of ether oxygens (including phenoxy) is 1. The maximum Gasteiger partial charge on any atom is 0.326 e. The predicted molar refractivity (Wildman–Crippen MR) is 131 cm³/mol. The molecular formula is C25H21ClN2O5S. The van der Waals surface area contributed by atoms with Crippen LogP contribution in [0.3, 0.4) is 0 Å². The van der Waals surface area contributed by atoms with E-state index in [0.717, 1.165) is 11.3 Å². The molecule has 3 aromatic carbocycles. The Morgan fingerprint density at radius 2 is 1.82 bits per heavy atom. The number of carbonyl (C=O) groups is 1. The van der Waals surface area contributed by atoms with E-state index in [9.17, 15) is 20.0 Å². The van der Waals surface area contributed by atoms with E-state index in [0.29, 0.717) is 22.8 Å². The number of nitro groups is 1. The van der Waals surface area contributed by atoms with Gasteiger partial charge < -0.3 is 15.2 Å². The van der Waals surface area contributed by atoms with Gasteiger partial charge in [-0.15, -0.1) is 23.4 Å². The molecule has 1 aliphatic heterocycles. The molecule has 1 saturated carbocycles. The molecule has 0 amide bonds. The predicted octanol–water partition coefficient (Wildman–Crippen LogP) is 6.14. The highest BCUT2D eigenvalue weighted by Crippen LogP contribution is 2.55. The van der Waals surface area contributed by atoms with Gasteiger partial charge in [0.1, 0.15) is 17.5 Å². The van der Waals surface area contributed by atoms with Crippen molar-refractivity contribution in [3.63, 3.8) is 0 Å². The van der Waals surface area contributed by atoms with Gasteiger partial charge in [0.25, 0.3) is 5.69 Å². The first-order valence-corrected chi connectivity index (χ1v) is 12.1. The number of alkyl halides is 1. The molecule has 0 spiro atoms. The van der Waals surface area contributed by atoms with Gasteiger partial charge in [0.15, 0.2) is 0 Å². The molecule has 5 rings (SSSR count). The fourth-order valence-electron chi connectivity index (χ4n) is 4.90. The number of halogens is 1. The van der Waals surface area contributed by atoms with Crippen LogP contribution in [0.15, 0.2) is 77.7 Å². The van der Waals surface area contributed by atoms with Gasteiger partial charge in [-0.1, -0.05) is 30.3 Å². The van der Waals surface area contributed by atoms with Crippen molar-refractivity contribution in [1.82, 2.24) is 0 Å². The van der Waals surface area contributed by atoms with Gasteiger partial charge in [-0.2, -0.15) is 0 Å². The lowest BCUT2D eigenvalue weighted by molar-refractivity contribution is -0.387. The molecule has 174 valence electrons. The number of anilines is 1. The minimum atomic E-state index is -0.939. The average Bonchev–Trinajstić information content (AvgIpc) is 3.15. The fraction of sp³-hybridized carbons (Fsp3) is 0.240. The molecule has 9 heteroatoms. The molecule has 1 aliphatic carbocycles. The van der Waals surface area contributed by atoms with Gasteiger partial charge in [0, 0.05) is 22.9 Å². The highest BCUT2D eigenvalue weighted by Gasteiger charge is 2.52. The summed E-state index contributed by atoms with van der Waals surface area (Å²) in [5.74, 6) is -0.105. The van der Waals surface area contributed by atoms with E-state index in [1.165, 1.54) is 17.8 Å². The first-order valence-electron chi connectivity index (χ1n) is 10.8. The number of thioether (sulfide) groups is 1. The van der Waals surface area contributed by atoms with Crippen LogP contribution in [0.1, 0.15) is 17.9 Å². The Balaban J connectivity index is 1.48. The minimum Gasteiger partial charge on any atom is -0.480 e. The molecule has 2 N–H and O–H groups in total. The monoisotopic (exact) mass is 496 g/mol. The molecule has 0 bridgehead atoms. The number of hydrogen-bond acceptors (Lipinski definition) is 6. The number of para-hydroxylation sites is 2. The molecule has 0 aromatic heterocycles. The second-order valence-electron chi connectivity index (χ2n) is 8.38. The number of rotatable bonds is 6. The second kappa shape index (κ2) is 9.19. The Labute approximate surface area is 205 Å². The quantitative estimate of drug-likeness (QED) is 0.240. The summed E-state index contributed by atoms with van der Waals surface area (Å²) in [6.07, 6.45) is 0.517. The van der Waals surface area contributed by atoms with Gasteiger partial charge in [0.05, 0.1) is 15.2 Å². The van der Waals surface area contributed by atoms with Crippen LogP contribution in [0.25, 0.3) is 0 Å². The molecule has 34 heavy (non-hydrogen) atoms. The summed E-state index contributed by atoms with van der Waals surface area (Å²) in [6, 6.07) is 20.7. The normalized spacial score (nSPS) is 25.0. The Morgan fingerprint density at radius 1 is 1.09 bits per heavy atom. The number of carboxylic acid groups (broad SMARTS) is 1. The van der Waals surface area contributed by atoms with Crippen LogP contribution in [0.2, 0.25) is 0 Å². The maximum absolute atomic E-state index is 12.1. The third-order valence-corrected chi connectivity index (χ3v) is 8.48. The summed E-state index contributed by atoms with van der Waals surface area (Å²) in [5.41, 5.74) is 1.65. The standard InChI is InChI=1S/C25H21ClN2O5S/c26-23-21(34-20-9-5-4-8-19(20)28(31)32)13-17-22(23)16-12-15(33-14-6-2-1-3-7-14)10-11-18(16)27-24(17)25(29)30/h1-12,17,21-24,27H,13H2,(H,29,30). The van der Waals surface area contributed by atoms with E-state index >= 15 is 0 Å². The van der Waals surface area contributed by atoms with Crippen molar-refractivity contribution in [1.29, 1.82) is 0 Å². The van der Waals surface area contributed by atoms with Gasteiger partial charge in [-0.3, -0.25) is 10.1 Å². The van der Waals surface area contributed by atoms with Crippen LogP contribution in [-0.2, 0) is 4.79 Å². The van der Waals surface area contributed by atoms with Crippen LogP contribution in [0, 0.1) is 16.0 Å². The summed E-state index contributed by atoms with van der Waals surface area (Å²) >= 11 is 8.34. The van der Waals surface area contributed by atoms with E-state index in [-0.39, 0.29) is 22.8 Å². The van der Waals surface area contributed by atoms with Crippen molar-refractivity contribution >= 4 is 40.7 Å². The number of nitro benzene ring substituents is 1. The lowest BCUT2D eigenvalue weighted by atomic mass is 9.79. The molecular weight excluding hydrogens is 476 g/mol. The average molecular weight is 497 g/mol. The first kappa shape index (κ1) is 22.6. The summed E-state index contributed by atoms with van der Waals surface area (Å²) in [7, 11) is 0. The number of nitrogens with one attached hydrogen (secondary N) is 1. The van der Waals surface area contributed by atoms with Gasteiger partial charge in [-0.05, 0) is 54.3 Å². The topological polar surface area (TPSA) is 102 Å². The summed E-state index contributed by atoms with van der Waals surface area (Å²) < 4.78 is 6.00. The van der Waals surface area contributed by atoms with E-state index in [4.69, 9.17) is 16.3 Å². The Hall–Kier alpha value is -3.23. The highest BCUT2D eigenvalue weighted by atomic mass is 35.5.